The molecule has 0 aliphatic rings. The molecule has 2 rings (SSSR count). The van der Waals surface area contributed by atoms with Crippen LogP contribution in [0.15, 0.2) is 15.0 Å². The molecule has 0 fully saturated rings. The second-order valence-corrected chi connectivity index (χ2v) is 6.00. The smallest absolute Gasteiger partial charge is 0.273 e. The molecule has 0 atom stereocenters. The number of nitrogens with zero attached hydrogens (tertiary/aromatic N) is 2. The molecule has 0 saturated heterocycles. The monoisotopic (exact) mass is 307 g/mol. The summed E-state index contributed by atoms with van der Waals surface area (Å²) in [5.74, 6) is 1.38. The fourth-order valence-corrected chi connectivity index (χ4v) is 1.76. The Balaban J connectivity index is 1.90. The summed E-state index contributed by atoms with van der Waals surface area (Å²) in [7, 11) is 0. The standard InChI is InChI=1S/C15H21N3O4/c1-9-13(21-10(2)17-9)7-16-14(19)12-6-11(22-18-12)8-20-15(3,4)5/h6H,7-8H2,1-5H3,(H,16,19). The lowest BCUT2D eigenvalue weighted by Gasteiger charge is -2.17. The zero-order valence-electron chi connectivity index (χ0n) is 13.5. The molecule has 0 spiro atoms. The Morgan fingerprint density at radius 3 is 2.68 bits per heavy atom. The van der Waals surface area contributed by atoms with Crippen LogP contribution in [0.3, 0.4) is 0 Å². The molecule has 0 saturated carbocycles. The second-order valence-electron chi connectivity index (χ2n) is 6.00. The number of amides is 1. The summed E-state index contributed by atoms with van der Waals surface area (Å²) in [4.78, 5) is 16.2. The largest absolute Gasteiger partial charge is 0.444 e. The molecule has 0 aliphatic carbocycles. The summed E-state index contributed by atoms with van der Waals surface area (Å²) >= 11 is 0. The van der Waals surface area contributed by atoms with Crippen LogP contribution in [0.5, 0.6) is 0 Å². The lowest BCUT2D eigenvalue weighted by molar-refractivity contribution is -0.0241. The second kappa shape index (κ2) is 6.31. The molecule has 2 heterocycles. The summed E-state index contributed by atoms with van der Waals surface area (Å²) in [6, 6.07) is 1.57. The van der Waals surface area contributed by atoms with Crippen molar-refractivity contribution in [2.45, 2.75) is 53.4 Å². The Morgan fingerprint density at radius 1 is 1.36 bits per heavy atom. The first-order chi connectivity index (χ1) is 10.2. The molecule has 0 radical (unpaired) electrons. The Hall–Kier alpha value is -2.15. The van der Waals surface area contributed by atoms with Crippen LogP contribution in [0, 0.1) is 13.8 Å². The van der Waals surface area contributed by atoms with E-state index in [0.29, 0.717) is 17.4 Å². The lowest BCUT2D eigenvalue weighted by atomic mass is 10.2. The summed E-state index contributed by atoms with van der Waals surface area (Å²) in [6.07, 6.45) is 0. The van der Waals surface area contributed by atoms with E-state index < -0.39 is 0 Å². The number of carbonyl (C=O) groups is 1. The van der Waals surface area contributed by atoms with Crippen LogP contribution in [-0.2, 0) is 17.9 Å². The lowest BCUT2D eigenvalue weighted by Crippen LogP contribution is -2.23. The third-order valence-corrected chi connectivity index (χ3v) is 2.85. The molecule has 0 unspecified atom stereocenters. The van der Waals surface area contributed by atoms with Crippen LogP contribution >= 0.6 is 0 Å². The molecule has 7 nitrogen and oxygen atoms in total. The first-order valence-electron chi connectivity index (χ1n) is 7.05. The number of aromatic nitrogens is 2. The highest BCUT2D eigenvalue weighted by molar-refractivity contribution is 5.92. The number of ether oxygens (including phenoxy) is 1. The number of hydrogen-bond donors (Lipinski definition) is 1. The van der Waals surface area contributed by atoms with E-state index in [1.807, 2.05) is 27.7 Å². The van der Waals surface area contributed by atoms with Crippen LogP contribution in [0.1, 0.15) is 54.4 Å². The minimum atomic E-state index is -0.334. The van der Waals surface area contributed by atoms with Gasteiger partial charge in [0.05, 0.1) is 17.8 Å². The third kappa shape index (κ3) is 4.42. The van der Waals surface area contributed by atoms with E-state index in [2.05, 4.69) is 15.5 Å². The van der Waals surface area contributed by atoms with Crippen molar-refractivity contribution in [1.82, 2.24) is 15.5 Å². The normalized spacial score (nSPS) is 11.7. The van der Waals surface area contributed by atoms with Gasteiger partial charge in [-0.25, -0.2) is 4.98 Å². The summed E-state index contributed by atoms with van der Waals surface area (Å²) < 4.78 is 16.0. The Bertz CT molecular complexity index is 652. The maximum atomic E-state index is 12.0. The topological polar surface area (TPSA) is 90.4 Å². The fraction of sp³-hybridized carbons (Fsp3) is 0.533. The summed E-state index contributed by atoms with van der Waals surface area (Å²) in [5, 5.41) is 6.46. The van der Waals surface area contributed by atoms with Crippen molar-refractivity contribution in [1.29, 1.82) is 0 Å². The predicted molar refractivity (Wildman–Crippen MR) is 78.2 cm³/mol. The average molecular weight is 307 g/mol. The van der Waals surface area contributed by atoms with Crippen molar-refractivity contribution in [2.75, 3.05) is 0 Å². The number of rotatable bonds is 5. The molecule has 2 aromatic rings. The number of aryl methyl sites for hydroxylation is 2. The third-order valence-electron chi connectivity index (χ3n) is 2.85. The maximum Gasteiger partial charge on any atom is 0.273 e. The molecular weight excluding hydrogens is 286 g/mol. The summed E-state index contributed by atoms with van der Waals surface area (Å²) in [5.41, 5.74) is 0.690. The molecule has 7 heteroatoms. The minimum Gasteiger partial charge on any atom is -0.444 e. The van der Waals surface area contributed by atoms with Gasteiger partial charge in [-0.05, 0) is 27.7 Å². The van der Waals surface area contributed by atoms with Gasteiger partial charge in [0.15, 0.2) is 17.3 Å². The van der Waals surface area contributed by atoms with Gasteiger partial charge >= 0.3 is 0 Å². The zero-order valence-corrected chi connectivity index (χ0v) is 13.5. The predicted octanol–water partition coefficient (Wildman–Crippen LogP) is 2.52. The molecule has 0 aromatic carbocycles. The van der Waals surface area contributed by atoms with Crippen molar-refractivity contribution in [3.8, 4) is 0 Å². The Morgan fingerprint density at radius 2 is 2.09 bits per heavy atom. The van der Waals surface area contributed by atoms with E-state index in [9.17, 15) is 4.79 Å². The van der Waals surface area contributed by atoms with E-state index >= 15 is 0 Å². The summed E-state index contributed by atoms with van der Waals surface area (Å²) in [6.45, 7) is 9.94. The van der Waals surface area contributed by atoms with Gasteiger partial charge in [0.2, 0.25) is 0 Å². The number of oxazole rings is 1. The van der Waals surface area contributed by atoms with Crippen molar-refractivity contribution >= 4 is 5.91 Å². The van der Waals surface area contributed by atoms with E-state index in [4.69, 9.17) is 13.7 Å². The van der Waals surface area contributed by atoms with Gasteiger partial charge in [-0.2, -0.15) is 0 Å². The van der Waals surface area contributed by atoms with Gasteiger partial charge < -0.3 is 19.0 Å². The van der Waals surface area contributed by atoms with Gasteiger partial charge in [-0.15, -0.1) is 0 Å². The highest BCUT2D eigenvalue weighted by Crippen LogP contribution is 2.13. The van der Waals surface area contributed by atoms with Gasteiger partial charge in [0.1, 0.15) is 12.4 Å². The van der Waals surface area contributed by atoms with Crippen LogP contribution in [0.2, 0.25) is 0 Å². The van der Waals surface area contributed by atoms with E-state index in [1.165, 1.54) is 0 Å². The molecular formula is C15H21N3O4. The average Bonchev–Trinajstić information content (AvgIpc) is 3.00. The van der Waals surface area contributed by atoms with Crippen LogP contribution < -0.4 is 5.32 Å². The Kier molecular flexibility index (Phi) is 4.65. The molecule has 0 aliphatic heterocycles. The van der Waals surface area contributed by atoms with Crippen LogP contribution in [0.25, 0.3) is 0 Å². The molecule has 0 bridgehead atoms. The quantitative estimate of drug-likeness (QED) is 0.912. The van der Waals surface area contributed by atoms with Crippen molar-refractivity contribution in [3.05, 3.63) is 34.9 Å². The van der Waals surface area contributed by atoms with Crippen molar-refractivity contribution < 1.29 is 18.5 Å². The van der Waals surface area contributed by atoms with Gasteiger partial charge in [-0.1, -0.05) is 5.16 Å². The van der Waals surface area contributed by atoms with Crippen LogP contribution in [-0.4, -0.2) is 21.6 Å². The van der Waals surface area contributed by atoms with Gasteiger partial charge in [0.25, 0.3) is 5.91 Å². The molecule has 1 amide bonds. The molecule has 2 aromatic heterocycles. The highest BCUT2D eigenvalue weighted by Gasteiger charge is 2.16. The van der Waals surface area contributed by atoms with Crippen molar-refractivity contribution in [3.63, 3.8) is 0 Å². The fourth-order valence-electron chi connectivity index (χ4n) is 1.76. The molecule has 1 N–H and O–H groups in total. The molecule has 22 heavy (non-hydrogen) atoms. The zero-order chi connectivity index (χ0) is 16.3. The van der Waals surface area contributed by atoms with E-state index in [1.54, 1.807) is 13.0 Å². The highest BCUT2D eigenvalue weighted by atomic mass is 16.5. The van der Waals surface area contributed by atoms with E-state index in [0.717, 1.165) is 5.69 Å². The van der Waals surface area contributed by atoms with E-state index in [-0.39, 0.29) is 30.4 Å². The first-order valence-corrected chi connectivity index (χ1v) is 7.05. The molecule has 120 valence electrons. The van der Waals surface area contributed by atoms with Crippen molar-refractivity contribution in [2.24, 2.45) is 0 Å². The van der Waals surface area contributed by atoms with Gasteiger partial charge in [0, 0.05) is 13.0 Å². The number of carbonyl (C=O) groups excluding carboxylic acids is 1. The number of hydrogen-bond acceptors (Lipinski definition) is 6. The maximum absolute atomic E-state index is 12.0. The van der Waals surface area contributed by atoms with Crippen LogP contribution in [0.4, 0.5) is 0 Å². The minimum absolute atomic E-state index is 0.210. The van der Waals surface area contributed by atoms with Gasteiger partial charge in [-0.3, -0.25) is 4.79 Å². The number of nitrogens with one attached hydrogen (secondary N) is 1. The first kappa shape index (κ1) is 16.2. The SMILES string of the molecule is Cc1nc(C)c(CNC(=O)c2cc(COC(C)(C)C)on2)o1. The Labute approximate surface area is 129 Å².